The molecule has 1 saturated heterocycles. The van der Waals surface area contributed by atoms with E-state index in [1.807, 2.05) is 0 Å². The molecule has 2 aliphatic rings. The van der Waals surface area contributed by atoms with Crippen molar-refractivity contribution in [2.24, 2.45) is 5.92 Å². The van der Waals surface area contributed by atoms with Crippen LogP contribution in [-0.2, 0) is 18.9 Å². The molecule has 91 valence electrons. The molecule has 0 spiro atoms. The number of rotatable bonds is 5. The van der Waals surface area contributed by atoms with Crippen molar-refractivity contribution in [2.45, 2.75) is 43.0 Å². The minimum atomic E-state index is -0.860. The van der Waals surface area contributed by atoms with Gasteiger partial charge in [-0.2, -0.15) is 0 Å². The summed E-state index contributed by atoms with van der Waals surface area (Å²) < 4.78 is 21.8. The van der Waals surface area contributed by atoms with E-state index in [2.05, 4.69) is 10.2 Å². The lowest BCUT2D eigenvalue weighted by molar-refractivity contribution is -0.223. The highest BCUT2D eigenvalue weighted by Crippen LogP contribution is 2.43. The van der Waals surface area contributed by atoms with Crippen molar-refractivity contribution in [1.82, 2.24) is 0 Å². The minimum Gasteiger partial charge on any atom is -0.376 e. The second kappa shape index (κ2) is 4.74. The molecule has 4 atom stereocenters. The molecule has 4 nitrogen and oxygen atoms in total. The Labute approximate surface area is 100 Å². The number of epoxide rings is 1. The molecule has 2 rings (SSSR count). The summed E-state index contributed by atoms with van der Waals surface area (Å²) in [6.45, 7) is 0. The van der Waals surface area contributed by atoms with E-state index in [1.54, 1.807) is 21.3 Å². The van der Waals surface area contributed by atoms with Gasteiger partial charge in [0.2, 0.25) is 0 Å². The van der Waals surface area contributed by atoms with Gasteiger partial charge in [-0.05, 0) is 25.2 Å². The van der Waals surface area contributed by atoms with Gasteiger partial charge in [0, 0.05) is 21.3 Å². The summed E-state index contributed by atoms with van der Waals surface area (Å²) in [6.07, 6.45) is 4.05. The predicted octanol–water partition coefficient (Wildman–Crippen LogP) is 0.684. The topological polar surface area (TPSA) is 40.2 Å². The van der Waals surface area contributed by atoms with Crippen LogP contribution in [0.2, 0.25) is 0 Å². The van der Waals surface area contributed by atoms with E-state index in [-0.39, 0.29) is 6.10 Å². The molecule has 5 heteroatoms. The Morgan fingerprint density at radius 1 is 1.19 bits per heavy atom. The van der Waals surface area contributed by atoms with Crippen molar-refractivity contribution in [1.29, 1.82) is 0 Å². The summed E-state index contributed by atoms with van der Waals surface area (Å²) >= 11 is 0. The Hall–Kier alpha value is 0.0569. The van der Waals surface area contributed by atoms with Gasteiger partial charge in [0.25, 0.3) is 0 Å². The van der Waals surface area contributed by atoms with Crippen molar-refractivity contribution in [3.63, 3.8) is 0 Å². The van der Waals surface area contributed by atoms with E-state index >= 15 is 0 Å². The first-order chi connectivity index (χ1) is 7.64. The lowest BCUT2D eigenvalue weighted by Crippen LogP contribution is -2.52. The molecular formula is C11H19O4Si. The summed E-state index contributed by atoms with van der Waals surface area (Å²) in [6, 6.07) is 0. The lowest BCUT2D eigenvalue weighted by atomic mass is 9.84. The predicted molar refractivity (Wildman–Crippen MR) is 59.3 cm³/mol. The van der Waals surface area contributed by atoms with E-state index < -0.39 is 5.41 Å². The van der Waals surface area contributed by atoms with Crippen molar-refractivity contribution in [2.75, 3.05) is 21.3 Å². The number of hydrogen-bond acceptors (Lipinski definition) is 4. The van der Waals surface area contributed by atoms with Crippen LogP contribution in [-0.4, -0.2) is 55.3 Å². The fourth-order valence-corrected chi connectivity index (χ4v) is 3.04. The fourth-order valence-electron chi connectivity index (χ4n) is 2.68. The quantitative estimate of drug-likeness (QED) is 0.404. The number of hydrogen-bond donors (Lipinski definition) is 0. The zero-order valence-corrected chi connectivity index (χ0v) is 11.1. The van der Waals surface area contributed by atoms with Gasteiger partial charge in [0.15, 0.2) is 5.41 Å². The Morgan fingerprint density at radius 2 is 1.88 bits per heavy atom. The first-order valence-electron chi connectivity index (χ1n) is 5.68. The third-order valence-electron chi connectivity index (χ3n) is 3.71. The van der Waals surface area contributed by atoms with Crippen LogP contribution in [0.1, 0.15) is 19.3 Å². The van der Waals surface area contributed by atoms with Crippen molar-refractivity contribution < 1.29 is 18.9 Å². The van der Waals surface area contributed by atoms with Gasteiger partial charge in [-0.1, -0.05) is 0 Å². The van der Waals surface area contributed by atoms with E-state index in [4.69, 9.17) is 18.9 Å². The monoisotopic (exact) mass is 243 g/mol. The molecule has 1 aliphatic carbocycles. The Kier molecular flexibility index (Phi) is 3.71. The van der Waals surface area contributed by atoms with Gasteiger partial charge in [0.05, 0.1) is 12.2 Å². The highest BCUT2D eigenvalue weighted by Gasteiger charge is 2.49. The van der Waals surface area contributed by atoms with Crippen molar-refractivity contribution in [3.8, 4) is 0 Å². The van der Waals surface area contributed by atoms with Crippen LogP contribution in [0.25, 0.3) is 0 Å². The van der Waals surface area contributed by atoms with E-state index in [1.165, 1.54) is 0 Å². The van der Waals surface area contributed by atoms with Gasteiger partial charge in [-0.3, -0.25) is 0 Å². The zero-order valence-electron chi connectivity index (χ0n) is 10.1. The van der Waals surface area contributed by atoms with E-state index in [0.29, 0.717) is 18.1 Å². The van der Waals surface area contributed by atoms with Gasteiger partial charge in [0.1, 0.15) is 16.3 Å². The Morgan fingerprint density at radius 3 is 2.38 bits per heavy atom. The van der Waals surface area contributed by atoms with Crippen LogP contribution in [0.5, 0.6) is 0 Å². The largest absolute Gasteiger partial charge is 0.376 e. The first kappa shape index (κ1) is 12.5. The van der Waals surface area contributed by atoms with E-state index in [0.717, 1.165) is 19.3 Å². The average Bonchev–Trinajstić information content (AvgIpc) is 3.08. The normalized spacial score (nSPS) is 35.6. The molecule has 0 amide bonds. The lowest BCUT2D eigenvalue weighted by Gasteiger charge is -2.39. The molecule has 1 heterocycles. The molecule has 16 heavy (non-hydrogen) atoms. The van der Waals surface area contributed by atoms with Crippen molar-refractivity contribution >= 4 is 10.2 Å². The van der Waals surface area contributed by atoms with Crippen LogP contribution in [0, 0.1) is 5.92 Å². The van der Waals surface area contributed by atoms with E-state index in [9.17, 15) is 0 Å². The van der Waals surface area contributed by atoms with Crippen LogP contribution in [0.15, 0.2) is 0 Å². The summed E-state index contributed by atoms with van der Waals surface area (Å²) in [4.78, 5) is 0. The third-order valence-corrected chi connectivity index (χ3v) is 4.40. The molecule has 2 fully saturated rings. The number of methoxy groups -OCH3 is 3. The summed E-state index contributed by atoms with van der Waals surface area (Å²) in [5.74, 6) is 0.408. The maximum Gasteiger partial charge on any atom is 0.168 e. The second-order valence-electron chi connectivity index (χ2n) is 4.52. The van der Waals surface area contributed by atoms with Gasteiger partial charge in [-0.25, -0.2) is 0 Å². The van der Waals surface area contributed by atoms with Crippen LogP contribution < -0.4 is 0 Å². The number of ether oxygens (including phenoxy) is 4. The maximum atomic E-state index is 5.55. The van der Waals surface area contributed by atoms with Crippen LogP contribution in [0.3, 0.4) is 0 Å². The molecule has 4 unspecified atom stereocenters. The zero-order chi connectivity index (χ0) is 11.8. The molecule has 0 N–H and O–H groups in total. The summed E-state index contributed by atoms with van der Waals surface area (Å²) in [5.41, 5.74) is -0.860. The van der Waals surface area contributed by atoms with Crippen LogP contribution >= 0.6 is 0 Å². The SMILES string of the molecule is COC(C1CCC2OC2C1)C([Si])(OC)OC. The summed E-state index contributed by atoms with van der Waals surface area (Å²) in [7, 11) is 8.44. The Balaban J connectivity index is 2.02. The molecule has 3 radical (unpaired) electrons. The minimum absolute atomic E-state index is 0.121. The molecular weight excluding hydrogens is 224 g/mol. The molecule has 0 aromatic rings. The third kappa shape index (κ3) is 2.19. The fraction of sp³-hybridized carbons (Fsp3) is 1.00. The molecule has 0 aromatic heterocycles. The first-order valence-corrected chi connectivity index (χ1v) is 6.18. The highest BCUT2D eigenvalue weighted by molar-refractivity contribution is 6.13. The standard InChI is InChI=1S/C11H19O4Si/c1-12-10(11(16,13-2)14-3)7-4-5-8-9(6-7)15-8/h7-10H,4-6H2,1-3H3. The maximum absolute atomic E-state index is 5.55. The highest BCUT2D eigenvalue weighted by atomic mass is 28.1. The molecule has 1 aliphatic heterocycles. The average molecular weight is 243 g/mol. The molecule has 0 aromatic carbocycles. The Bertz CT molecular complexity index is 244. The molecule has 0 bridgehead atoms. The van der Waals surface area contributed by atoms with Crippen molar-refractivity contribution in [3.05, 3.63) is 0 Å². The van der Waals surface area contributed by atoms with Crippen LogP contribution in [0.4, 0.5) is 0 Å². The number of fused-ring (bicyclic) bond motifs is 1. The summed E-state index contributed by atoms with van der Waals surface area (Å²) in [5, 5.41) is 0. The van der Waals surface area contributed by atoms with Gasteiger partial charge in [-0.15, -0.1) is 0 Å². The molecule has 1 saturated carbocycles. The van der Waals surface area contributed by atoms with Gasteiger partial charge < -0.3 is 18.9 Å². The second-order valence-corrected chi connectivity index (χ2v) is 5.22. The van der Waals surface area contributed by atoms with Gasteiger partial charge >= 0.3 is 0 Å². The smallest absolute Gasteiger partial charge is 0.168 e.